The van der Waals surface area contributed by atoms with Crippen LogP contribution < -0.4 is 20.2 Å². The average molecular weight is 527 g/mol. The highest BCUT2D eigenvalue weighted by Gasteiger charge is 2.25. The summed E-state index contributed by atoms with van der Waals surface area (Å²) in [5.41, 5.74) is 0.212. The number of hydrogen-bond acceptors (Lipinski definition) is 5. The maximum absolute atomic E-state index is 15.2. The Kier molecular flexibility index (Phi) is 8.17. The van der Waals surface area contributed by atoms with Crippen molar-refractivity contribution in [3.63, 3.8) is 0 Å². The number of nitrogens with one attached hydrogen (secondary N) is 4. The molecule has 0 aliphatic rings. The third-order valence-corrected chi connectivity index (χ3v) is 6.10. The summed E-state index contributed by atoms with van der Waals surface area (Å²) in [5, 5.41) is 2.40. The van der Waals surface area contributed by atoms with Crippen LogP contribution in [0.3, 0.4) is 0 Å². The lowest BCUT2D eigenvalue weighted by Crippen LogP contribution is -2.27. The Morgan fingerprint density at radius 1 is 0.944 bits per heavy atom. The molecule has 0 bridgehead atoms. The van der Waals surface area contributed by atoms with Crippen LogP contribution in [0, 0.1) is 30.2 Å². The van der Waals surface area contributed by atoms with Crippen molar-refractivity contribution >= 4 is 33.2 Å². The van der Waals surface area contributed by atoms with Gasteiger partial charge in [0.1, 0.15) is 5.82 Å². The topological polar surface area (TPSA) is 109 Å². The van der Waals surface area contributed by atoms with Crippen molar-refractivity contribution in [1.82, 2.24) is 10.2 Å². The molecule has 3 rings (SSSR count). The van der Waals surface area contributed by atoms with Crippen LogP contribution in [0.1, 0.15) is 27.0 Å². The van der Waals surface area contributed by atoms with Crippen molar-refractivity contribution in [2.24, 2.45) is 0 Å². The minimum absolute atomic E-state index is 0.187. The lowest BCUT2D eigenvalue weighted by atomic mass is 9.99. The number of halogens is 4. The Balaban J connectivity index is 2.08. The van der Waals surface area contributed by atoms with E-state index in [1.54, 1.807) is 6.92 Å². The zero-order valence-electron chi connectivity index (χ0n) is 19.3. The first kappa shape index (κ1) is 26.9. The largest absolute Gasteiger partial charge is 0.350 e. The fourth-order valence-corrected chi connectivity index (χ4v) is 3.86. The summed E-state index contributed by atoms with van der Waals surface area (Å²) in [6.45, 7) is 1.64. The maximum Gasteiger partial charge on any atom is 0.298 e. The molecular formula is C23H22F4N4O4S. The van der Waals surface area contributed by atoms with Crippen LogP contribution in [-0.4, -0.2) is 28.5 Å². The normalized spacial score (nSPS) is 11.3. The van der Waals surface area contributed by atoms with Crippen molar-refractivity contribution in [2.45, 2.75) is 13.3 Å². The molecule has 3 aromatic rings. The summed E-state index contributed by atoms with van der Waals surface area (Å²) in [4.78, 5) is 17.1. The number of amides is 1. The SMILES string of the molecule is CNS(=O)(=O)Nc1cccc(Cc2cc(C(=O)NOC)c(Nc3ccc(C)cc3F)c(F)c2F)c1F. The van der Waals surface area contributed by atoms with E-state index in [2.05, 4.69) is 10.2 Å². The Labute approximate surface area is 204 Å². The van der Waals surface area contributed by atoms with Gasteiger partial charge in [0.2, 0.25) is 0 Å². The van der Waals surface area contributed by atoms with Crippen molar-refractivity contribution in [2.75, 3.05) is 24.2 Å². The van der Waals surface area contributed by atoms with Gasteiger partial charge in [-0.15, -0.1) is 0 Å². The average Bonchev–Trinajstić information content (AvgIpc) is 2.82. The molecule has 4 N–H and O–H groups in total. The van der Waals surface area contributed by atoms with Crippen LogP contribution >= 0.6 is 0 Å². The quantitative estimate of drug-likeness (QED) is 0.249. The summed E-state index contributed by atoms with van der Waals surface area (Å²) < 4.78 is 86.9. The zero-order chi connectivity index (χ0) is 26.6. The first-order chi connectivity index (χ1) is 17.0. The Morgan fingerprint density at radius 3 is 2.31 bits per heavy atom. The molecule has 0 saturated heterocycles. The lowest BCUT2D eigenvalue weighted by Gasteiger charge is -2.17. The number of carbonyl (C=O) groups excluding carboxylic acids is 1. The third kappa shape index (κ3) is 5.93. The Morgan fingerprint density at radius 2 is 1.67 bits per heavy atom. The minimum Gasteiger partial charge on any atom is -0.350 e. The first-order valence-electron chi connectivity index (χ1n) is 10.3. The van der Waals surface area contributed by atoms with Crippen molar-refractivity contribution in [1.29, 1.82) is 0 Å². The van der Waals surface area contributed by atoms with Crippen LogP contribution in [0.5, 0.6) is 0 Å². The zero-order valence-corrected chi connectivity index (χ0v) is 20.1. The molecule has 13 heteroatoms. The third-order valence-electron chi connectivity index (χ3n) is 5.08. The molecule has 192 valence electrons. The molecular weight excluding hydrogens is 504 g/mol. The number of hydroxylamine groups is 1. The van der Waals surface area contributed by atoms with Crippen LogP contribution in [0.2, 0.25) is 0 Å². The van der Waals surface area contributed by atoms with Crippen LogP contribution in [0.4, 0.5) is 34.6 Å². The number of hydrogen-bond donors (Lipinski definition) is 4. The second kappa shape index (κ2) is 10.9. The molecule has 0 heterocycles. The van der Waals surface area contributed by atoms with Crippen LogP contribution in [0.15, 0.2) is 42.5 Å². The molecule has 0 spiro atoms. The molecule has 0 fully saturated rings. The smallest absolute Gasteiger partial charge is 0.298 e. The molecule has 0 saturated carbocycles. The number of carbonyl (C=O) groups is 1. The summed E-state index contributed by atoms with van der Waals surface area (Å²) >= 11 is 0. The molecule has 0 atom stereocenters. The van der Waals surface area contributed by atoms with Crippen LogP contribution in [0.25, 0.3) is 0 Å². The Bertz CT molecular complexity index is 1420. The first-order valence-corrected chi connectivity index (χ1v) is 11.8. The van der Waals surface area contributed by atoms with E-state index in [1.807, 2.05) is 14.9 Å². The number of benzene rings is 3. The maximum atomic E-state index is 15.2. The fourth-order valence-electron chi connectivity index (χ4n) is 3.31. The summed E-state index contributed by atoms with van der Waals surface area (Å²) in [5.74, 6) is -5.70. The highest BCUT2D eigenvalue weighted by Crippen LogP contribution is 2.32. The van der Waals surface area contributed by atoms with Gasteiger partial charge in [0.05, 0.1) is 29.7 Å². The number of anilines is 3. The molecule has 0 aromatic heterocycles. The standard InChI is InChI=1S/C23H22F4N4O4S/c1-12-7-8-17(16(24)9-12)29-22-15(23(32)30-35-3)11-14(20(26)21(22)27)10-13-5-4-6-18(19(13)25)31-36(33,34)28-2/h4-9,11,28-29,31H,10H2,1-3H3,(H,30,32). The van der Waals surface area contributed by atoms with Gasteiger partial charge in [0.15, 0.2) is 17.5 Å². The van der Waals surface area contributed by atoms with Gasteiger partial charge in [-0.2, -0.15) is 8.42 Å². The van der Waals surface area contributed by atoms with Gasteiger partial charge in [-0.25, -0.2) is 27.8 Å². The monoisotopic (exact) mass is 526 g/mol. The molecule has 0 aliphatic heterocycles. The second-order valence-electron chi connectivity index (χ2n) is 7.59. The lowest BCUT2D eigenvalue weighted by molar-refractivity contribution is 0.0538. The molecule has 3 aromatic carbocycles. The van der Waals surface area contributed by atoms with E-state index < -0.39 is 68.3 Å². The van der Waals surface area contributed by atoms with E-state index in [4.69, 9.17) is 0 Å². The van der Waals surface area contributed by atoms with E-state index in [1.165, 1.54) is 24.3 Å². The van der Waals surface area contributed by atoms with Gasteiger partial charge in [0.25, 0.3) is 16.1 Å². The second-order valence-corrected chi connectivity index (χ2v) is 9.21. The van der Waals surface area contributed by atoms with E-state index in [9.17, 15) is 22.0 Å². The van der Waals surface area contributed by atoms with Gasteiger partial charge < -0.3 is 5.32 Å². The van der Waals surface area contributed by atoms with Crippen molar-refractivity contribution in [3.8, 4) is 0 Å². The predicted octanol–water partition coefficient (Wildman–Crippen LogP) is 4.05. The van der Waals surface area contributed by atoms with Gasteiger partial charge in [-0.3, -0.25) is 14.4 Å². The van der Waals surface area contributed by atoms with E-state index in [-0.39, 0.29) is 11.3 Å². The van der Waals surface area contributed by atoms with Crippen molar-refractivity contribution < 1.29 is 35.6 Å². The van der Waals surface area contributed by atoms with Gasteiger partial charge in [-0.1, -0.05) is 18.2 Å². The molecule has 0 radical (unpaired) electrons. The van der Waals surface area contributed by atoms with Crippen LogP contribution in [-0.2, 0) is 21.5 Å². The van der Waals surface area contributed by atoms with E-state index >= 15 is 8.78 Å². The highest BCUT2D eigenvalue weighted by atomic mass is 32.2. The summed E-state index contributed by atoms with van der Waals surface area (Å²) in [7, 11) is -1.80. The van der Waals surface area contributed by atoms with Crippen molar-refractivity contribution in [3.05, 3.63) is 88.0 Å². The fraction of sp³-hybridized carbons (Fsp3) is 0.174. The van der Waals surface area contributed by atoms with Gasteiger partial charge >= 0.3 is 0 Å². The highest BCUT2D eigenvalue weighted by molar-refractivity contribution is 7.90. The molecule has 1 amide bonds. The summed E-state index contributed by atoms with van der Waals surface area (Å²) in [6.07, 6.45) is -0.545. The predicted molar refractivity (Wildman–Crippen MR) is 126 cm³/mol. The summed E-state index contributed by atoms with van der Waals surface area (Å²) in [6, 6.07) is 8.65. The van der Waals surface area contributed by atoms with Gasteiger partial charge in [0, 0.05) is 13.5 Å². The molecule has 36 heavy (non-hydrogen) atoms. The van der Waals surface area contributed by atoms with Gasteiger partial charge in [-0.05, 0) is 47.9 Å². The molecule has 0 aliphatic carbocycles. The molecule has 8 nitrogen and oxygen atoms in total. The minimum atomic E-state index is -4.05. The number of rotatable bonds is 9. The number of aryl methyl sites for hydroxylation is 1. The molecule has 0 unspecified atom stereocenters. The van der Waals surface area contributed by atoms with E-state index in [0.29, 0.717) is 5.56 Å². The van der Waals surface area contributed by atoms with E-state index in [0.717, 1.165) is 32.4 Å². The Hall–Kier alpha value is -3.68.